The lowest BCUT2D eigenvalue weighted by molar-refractivity contribution is -0.123. The Morgan fingerprint density at radius 1 is 1.32 bits per heavy atom. The molecule has 0 aliphatic carbocycles. The lowest BCUT2D eigenvalue weighted by Gasteiger charge is -2.33. The van der Waals surface area contributed by atoms with Crippen molar-refractivity contribution in [3.8, 4) is 0 Å². The molecule has 0 fully saturated rings. The summed E-state index contributed by atoms with van der Waals surface area (Å²) < 4.78 is 3.73. The fourth-order valence-electron chi connectivity index (χ4n) is 2.46. The summed E-state index contributed by atoms with van der Waals surface area (Å²) in [4.78, 5) is 40.8. The number of imidazole rings is 1. The topological polar surface area (TPSA) is 117 Å². The van der Waals surface area contributed by atoms with Gasteiger partial charge in [-0.05, 0) is 12.8 Å². The molecule has 25 heavy (non-hydrogen) atoms. The molecule has 0 saturated carbocycles. The minimum absolute atomic E-state index is 0. The third kappa shape index (κ3) is 3.62. The molecule has 10 heteroatoms. The summed E-state index contributed by atoms with van der Waals surface area (Å²) in [5.74, 6) is -0.119. The van der Waals surface area contributed by atoms with Crippen LogP contribution < -0.4 is 22.3 Å². The zero-order valence-corrected chi connectivity index (χ0v) is 15.9. The maximum Gasteiger partial charge on any atom is 0.332 e. The van der Waals surface area contributed by atoms with E-state index in [9.17, 15) is 14.4 Å². The number of fused-ring (bicyclic) bond motifs is 1. The summed E-state index contributed by atoms with van der Waals surface area (Å²) in [6.45, 7) is 6.06. The molecule has 0 radical (unpaired) electrons. The molecule has 0 bridgehead atoms. The number of halogens is 1. The van der Waals surface area contributed by atoms with Crippen molar-refractivity contribution in [1.29, 1.82) is 0 Å². The van der Waals surface area contributed by atoms with Gasteiger partial charge in [0.15, 0.2) is 11.2 Å². The Bertz CT molecular complexity index is 897. The van der Waals surface area contributed by atoms with Crippen molar-refractivity contribution in [2.24, 2.45) is 25.7 Å². The molecule has 140 valence electrons. The Morgan fingerprint density at radius 2 is 1.92 bits per heavy atom. The predicted octanol–water partition coefficient (Wildman–Crippen LogP) is -0.655. The molecule has 1 amide bonds. The van der Waals surface area contributed by atoms with Gasteiger partial charge in [0.05, 0.1) is 11.9 Å². The van der Waals surface area contributed by atoms with E-state index in [2.05, 4.69) is 10.3 Å². The average molecular weight is 373 g/mol. The molecular formula is C15H25ClN6O3. The molecule has 0 aromatic carbocycles. The van der Waals surface area contributed by atoms with Gasteiger partial charge in [-0.1, -0.05) is 13.8 Å². The maximum absolute atomic E-state index is 12.4. The van der Waals surface area contributed by atoms with Gasteiger partial charge in [0.25, 0.3) is 5.56 Å². The molecule has 3 N–H and O–H groups in total. The molecule has 0 aliphatic rings. The SMILES string of the molecule is CC(C)C(C)(CN)NC(=O)Cn1cnc2c1c(=O)n(C)c(=O)n2C.Cl. The van der Waals surface area contributed by atoms with Crippen LogP contribution in [0.25, 0.3) is 11.2 Å². The quantitative estimate of drug-likeness (QED) is 0.723. The molecule has 2 aromatic rings. The largest absolute Gasteiger partial charge is 0.348 e. The fraction of sp³-hybridized carbons (Fsp3) is 0.600. The van der Waals surface area contributed by atoms with Crippen LogP contribution in [0.5, 0.6) is 0 Å². The van der Waals surface area contributed by atoms with Crippen LogP contribution in [0.3, 0.4) is 0 Å². The zero-order valence-electron chi connectivity index (χ0n) is 15.1. The molecule has 2 heterocycles. The van der Waals surface area contributed by atoms with Crippen LogP contribution in [0, 0.1) is 5.92 Å². The van der Waals surface area contributed by atoms with Gasteiger partial charge < -0.3 is 15.6 Å². The highest BCUT2D eigenvalue weighted by molar-refractivity contribution is 5.85. The van der Waals surface area contributed by atoms with E-state index in [1.54, 1.807) is 0 Å². The first kappa shape index (κ1) is 20.9. The number of amides is 1. The lowest BCUT2D eigenvalue weighted by Crippen LogP contribution is -2.55. The molecule has 1 atom stereocenters. The van der Waals surface area contributed by atoms with Crippen molar-refractivity contribution in [3.63, 3.8) is 0 Å². The van der Waals surface area contributed by atoms with Gasteiger partial charge in [0.1, 0.15) is 6.54 Å². The first-order chi connectivity index (χ1) is 11.1. The highest BCUT2D eigenvalue weighted by Crippen LogP contribution is 2.15. The number of nitrogens with zero attached hydrogens (tertiary/aromatic N) is 4. The van der Waals surface area contributed by atoms with Crippen molar-refractivity contribution in [2.45, 2.75) is 32.9 Å². The Balaban J connectivity index is 0.00000312. The Kier molecular flexibility index (Phi) is 6.19. The van der Waals surface area contributed by atoms with E-state index in [0.29, 0.717) is 6.54 Å². The predicted molar refractivity (Wildman–Crippen MR) is 97.9 cm³/mol. The lowest BCUT2D eigenvalue weighted by atomic mass is 9.88. The van der Waals surface area contributed by atoms with E-state index in [1.807, 2.05) is 20.8 Å². The van der Waals surface area contributed by atoms with E-state index >= 15 is 0 Å². The molecule has 0 saturated heterocycles. The Morgan fingerprint density at radius 3 is 2.44 bits per heavy atom. The molecule has 1 unspecified atom stereocenters. The first-order valence-electron chi connectivity index (χ1n) is 7.74. The van der Waals surface area contributed by atoms with E-state index < -0.39 is 16.8 Å². The summed E-state index contributed by atoms with van der Waals surface area (Å²) in [5.41, 5.74) is 4.76. The van der Waals surface area contributed by atoms with Crippen molar-refractivity contribution in [1.82, 2.24) is 24.0 Å². The molecular weight excluding hydrogens is 348 g/mol. The van der Waals surface area contributed by atoms with Gasteiger partial charge in [0, 0.05) is 20.6 Å². The van der Waals surface area contributed by atoms with Crippen LogP contribution in [-0.4, -0.2) is 36.7 Å². The highest BCUT2D eigenvalue weighted by atomic mass is 35.5. The van der Waals surface area contributed by atoms with Gasteiger partial charge in [0.2, 0.25) is 5.91 Å². The minimum atomic E-state index is -0.536. The number of nitrogens with two attached hydrogens (primary N) is 1. The van der Waals surface area contributed by atoms with Crippen LogP contribution in [0.15, 0.2) is 15.9 Å². The molecule has 9 nitrogen and oxygen atoms in total. The van der Waals surface area contributed by atoms with Crippen LogP contribution >= 0.6 is 12.4 Å². The van der Waals surface area contributed by atoms with Gasteiger partial charge in [-0.15, -0.1) is 12.4 Å². The number of carbonyl (C=O) groups excluding carboxylic acids is 1. The van der Waals surface area contributed by atoms with E-state index in [4.69, 9.17) is 5.73 Å². The van der Waals surface area contributed by atoms with E-state index in [1.165, 1.54) is 29.6 Å². The second-order valence-corrected chi connectivity index (χ2v) is 6.57. The van der Waals surface area contributed by atoms with E-state index in [-0.39, 0.29) is 41.9 Å². The summed E-state index contributed by atoms with van der Waals surface area (Å²) in [7, 11) is 2.93. The second-order valence-electron chi connectivity index (χ2n) is 6.57. The summed E-state index contributed by atoms with van der Waals surface area (Å²) in [6, 6.07) is 0. The fourth-order valence-corrected chi connectivity index (χ4v) is 2.46. The van der Waals surface area contributed by atoms with Crippen molar-refractivity contribution in [3.05, 3.63) is 27.2 Å². The zero-order chi connectivity index (χ0) is 18.2. The number of nitrogens with one attached hydrogen (secondary N) is 1. The van der Waals surface area contributed by atoms with Crippen molar-refractivity contribution < 1.29 is 4.79 Å². The van der Waals surface area contributed by atoms with Crippen molar-refractivity contribution >= 4 is 29.5 Å². The summed E-state index contributed by atoms with van der Waals surface area (Å²) in [5, 5.41) is 2.92. The average Bonchev–Trinajstić information content (AvgIpc) is 2.94. The molecule has 0 aliphatic heterocycles. The van der Waals surface area contributed by atoms with Crippen LogP contribution in [0.1, 0.15) is 20.8 Å². The number of rotatable bonds is 5. The third-order valence-electron chi connectivity index (χ3n) is 4.65. The molecule has 0 spiro atoms. The summed E-state index contributed by atoms with van der Waals surface area (Å²) >= 11 is 0. The monoisotopic (exact) mass is 372 g/mol. The Hall–Kier alpha value is -2.13. The maximum atomic E-state index is 12.4. The number of aryl methyl sites for hydroxylation is 1. The number of carbonyl (C=O) groups is 1. The number of hydrogen-bond acceptors (Lipinski definition) is 5. The Labute approximate surface area is 151 Å². The first-order valence-corrected chi connectivity index (χ1v) is 7.74. The number of aromatic nitrogens is 4. The summed E-state index contributed by atoms with van der Waals surface area (Å²) in [6.07, 6.45) is 1.39. The minimum Gasteiger partial charge on any atom is -0.348 e. The smallest absolute Gasteiger partial charge is 0.332 e. The van der Waals surface area contributed by atoms with Gasteiger partial charge >= 0.3 is 5.69 Å². The van der Waals surface area contributed by atoms with E-state index in [0.717, 1.165) is 4.57 Å². The van der Waals surface area contributed by atoms with Crippen LogP contribution in [-0.2, 0) is 25.4 Å². The van der Waals surface area contributed by atoms with Crippen LogP contribution in [0.2, 0.25) is 0 Å². The molecule has 2 rings (SSSR count). The number of hydrogen-bond donors (Lipinski definition) is 2. The highest BCUT2D eigenvalue weighted by Gasteiger charge is 2.28. The van der Waals surface area contributed by atoms with Crippen LogP contribution in [0.4, 0.5) is 0 Å². The standard InChI is InChI=1S/C15H24N6O3.ClH/c1-9(2)15(3,7-16)18-10(22)6-21-8-17-12-11(21)13(23)20(5)14(24)19(12)4;/h8-9H,6-7,16H2,1-5H3,(H,18,22);1H. The van der Waals surface area contributed by atoms with Gasteiger partial charge in [-0.25, -0.2) is 9.78 Å². The second kappa shape index (κ2) is 7.40. The van der Waals surface area contributed by atoms with Gasteiger partial charge in [-0.2, -0.15) is 0 Å². The normalized spacial score (nSPS) is 13.6. The third-order valence-corrected chi connectivity index (χ3v) is 4.65. The van der Waals surface area contributed by atoms with Crippen molar-refractivity contribution in [2.75, 3.05) is 6.54 Å². The van der Waals surface area contributed by atoms with Gasteiger partial charge in [-0.3, -0.25) is 18.7 Å². The molecule has 2 aromatic heterocycles.